The Morgan fingerprint density at radius 3 is 2.86 bits per heavy atom. The van der Waals surface area contributed by atoms with E-state index in [0.29, 0.717) is 18.7 Å². The van der Waals surface area contributed by atoms with E-state index in [9.17, 15) is 4.79 Å². The molecule has 1 fully saturated rings. The molecule has 1 N–H and O–H groups in total. The number of morpholine rings is 1. The van der Waals surface area contributed by atoms with E-state index in [0.717, 1.165) is 5.56 Å². The summed E-state index contributed by atoms with van der Waals surface area (Å²) < 4.78 is 5.41. The van der Waals surface area contributed by atoms with E-state index in [2.05, 4.69) is 6.07 Å². The van der Waals surface area contributed by atoms with Crippen LogP contribution in [0, 0.1) is 11.3 Å². The SMILES string of the molecule is CC1COC(CO)CN1C(=O)/C=C/c1ccc(C#N)cc1. The van der Waals surface area contributed by atoms with Gasteiger partial charge in [0.15, 0.2) is 0 Å². The molecular formula is C16H18N2O3. The highest BCUT2D eigenvalue weighted by Crippen LogP contribution is 2.13. The van der Waals surface area contributed by atoms with Gasteiger partial charge < -0.3 is 14.7 Å². The van der Waals surface area contributed by atoms with Gasteiger partial charge in [-0.15, -0.1) is 0 Å². The van der Waals surface area contributed by atoms with Crippen molar-refractivity contribution in [2.75, 3.05) is 19.8 Å². The molecule has 0 bridgehead atoms. The fraction of sp³-hybridized carbons (Fsp3) is 0.375. The van der Waals surface area contributed by atoms with Crippen LogP contribution in [0.3, 0.4) is 0 Å². The third-order valence-electron chi connectivity index (χ3n) is 3.45. The van der Waals surface area contributed by atoms with E-state index in [1.165, 1.54) is 6.08 Å². The van der Waals surface area contributed by atoms with Crippen molar-refractivity contribution in [3.63, 3.8) is 0 Å². The summed E-state index contributed by atoms with van der Waals surface area (Å²) in [7, 11) is 0. The number of rotatable bonds is 3. The highest BCUT2D eigenvalue weighted by Gasteiger charge is 2.27. The largest absolute Gasteiger partial charge is 0.394 e. The second-order valence-electron chi connectivity index (χ2n) is 5.04. The van der Waals surface area contributed by atoms with Crippen LogP contribution in [0.5, 0.6) is 0 Å². The monoisotopic (exact) mass is 286 g/mol. The number of nitriles is 1. The van der Waals surface area contributed by atoms with E-state index in [1.54, 1.807) is 35.2 Å². The molecule has 1 aliphatic heterocycles. The van der Waals surface area contributed by atoms with Gasteiger partial charge in [-0.2, -0.15) is 5.26 Å². The molecule has 1 heterocycles. The molecule has 0 aromatic heterocycles. The molecular weight excluding hydrogens is 268 g/mol. The smallest absolute Gasteiger partial charge is 0.246 e. The molecule has 2 rings (SSSR count). The van der Waals surface area contributed by atoms with Gasteiger partial charge in [0.25, 0.3) is 0 Å². The lowest BCUT2D eigenvalue weighted by atomic mass is 10.1. The number of carbonyl (C=O) groups is 1. The van der Waals surface area contributed by atoms with Gasteiger partial charge in [-0.1, -0.05) is 12.1 Å². The van der Waals surface area contributed by atoms with E-state index in [1.807, 2.05) is 6.92 Å². The summed E-state index contributed by atoms with van der Waals surface area (Å²) in [4.78, 5) is 13.9. The van der Waals surface area contributed by atoms with Crippen LogP contribution < -0.4 is 0 Å². The number of hydrogen-bond donors (Lipinski definition) is 1. The Morgan fingerprint density at radius 2 is 2.24 bits per heavy atom. The second-order valence-corrected chi connectivity index (χ2v) is 5.04. The summed E-state index contributed by atoms with van der Waals surface area (Å²) in [6.07, 6.45) is 2.92. The first-order valence-corrected chi connectivity index (χ1v) is 6.85. The summed E-state index contributed by atoms with van der Waals surface area (Å²) in [5, 5.41) is 17.9. The summed E-state index contributed by atoms with van der Waals surface area (Å²) in [6.45, 7) is 2.66. The molecule has 2 unspecified atom stereocenters. The van der Waals surface area contributed by atoms with Crippen LogP contribution in [0.15, 0.2) is 30.3 Å². The maximum absolute atomic E-state index is 12.2. The van der Waals surface area contributed by atoms with Gasteiger partial charge in [-0.25, -0.2) is 0 Å². The van der Waals surface area contributed by atoms with Crippen LogP contribution >= 0.6 is 0 Å². The lowest BCUT2D eigenvalue weighted by molar-refractivity contribution is -0.140. The molecule has 0 aliphatic carbocycles. The van der Waals surface area contributed by atoms with Crippen LogP contribution in [0.25, 0.3) is 6.08 Å². The van der Waals surface area contributed by atoms with Crippen molar-refractivity contribution in [3.8, 4) is 6.07 Å². The summed E-state index contributed by atoms with van der Waals surface area (Å²) >= 11 is 0. The van der Waals surface area contributed by atoms with Gasteiger partial charge in [0.1, 0.15) is 0 Å². The lowest BCUT2D eigenvalue weighted by Crippen LogP contribution is -2.51. The zero-order valence-corrected chi connectivity index (χ0v) is 11.9. The molecule has 5 nitrogen and oxygen atoms in total. The van der Waals surface area contributed by atoms with Gasteiger partial charge in [-0.05, 0) is 30.7 Å². The number of aliphatic hydroxyl groups is 1. The van der Waals surface area contributed by atoms with Gasteiger partial charge in [0.05, 0.1) is 37.0 Å². The molecule has 110 valence electrons. The third-order valence-corrected chi connectivity index (χ3v) is 3.45. The minimum atomic E-state index is -0.312. The number of amides is 1. The zero-order valence-electron chi connectivity index (χ0n) is 11.9. The summed E-state index contributed by atoms with van der Waals surface area (Å²) in [5.74, 6) is -0.103. The standard InChI is InChI=1S/C16H18N2O3/c1-12-11-21-15(10-19)9-18(12)16(20)7-6-13-2-4-14(8-17)5-3-13/h2-7,12,15,19H,9-11H2,1H3/b7-6+. The predicted molar refractivity (Wildman–Crippen MR) is 78.2 cm³/mol. The quantitative estimate of drug-likeness (QED) is 0.847. The highest BCUT2D eigenvalue weighted by molar-refractivity contribution is 5.92. The van der Waals surface area contributed by atoms with Crippen LogP contribution in [0.4, 0.5) is 0 Å². The molecule has 1 aliphatic rings. The minimum absolute atomic E-state index is 0.00841. The maximum atomic E-state index is 12.2. The molecule has 5 heteroatoms. The topological polar surface area (TPSA) is 73.6 Å². The minimum Gasteiger partial charge on any atom is -0.394 e. The first-order valence-electron chi connectivity index (χ1n) is 6.85. The number of ether oxygens (including phenoxy) is 1. The first kappa shape index (κ1) is 15.2. The molecule has 0 spiro atoms. The van der Waals surface area contributed by atoms with Crippen molar-refractivity contribution in [2.24, 2.45) is 0 Å². The Hall–Kier alpha value is -2.16. The maximum Gasteiger partial charge on any atom is 0.246 e. The van der Waals surface area contributed by atoms with Gasteiger partial charge in [0, 0.05) is 12.6 Å². The molecule has 0 radical (unpaired) electrons. The van der Waals surface area contributed by atoms with Crippen LogP contribution in [0.1, 0.15) is 18.1 Å². The highest BCUT2D eigenvalue weighted by atomic mass is 16.5. The summed E-state index contributed by atoms with van der Waals surface area (Å²) in [5.41, 5.74) is 1.45. The van der Waals surface area contributed by atoms with E-state index >= 15 is 0 Å². The Labute approximate surface area is 124 Å². The average Bonchev–Trinajstić information content (AvgIpc) is 2.53. The Balaban J connectivity index is 2.02. The van der Waals surface area contributed by atoms with Crippen molar-refractivity contribution < 1.29 is 14.6 Å². The van der Waals surface area contributed by atoms with Crippen LogP contribution in [-0.2, 0) is 9.53 Å². The normalized spacial score (nSPS) is 22.2. The molecule has 1 amide bonds. The van der Waals surface area contributed by atoms with Crippen molar-refractivity contribution in [2.45, 2.75) is 19.1 Å². The van der Waals surface area contributed by atoms with Crippen molar-refractivity contribution in [1.29, 1.82) is 5.26 Å². The number of benzene rings is 1. The average molecular weight is 286 g/mol. The Bertz CT molecular complexity index is 560. The molecule has 21 heavy (non-hydrogen) atoms. The van der Waals surface area contributed by atoms with Crippen LogP contribution in [-0.4, -0.2) is 47.8 Å². The van der Waals surface area contributed by atoms with E-state index in [-0.39, 0.29) is 24.7 Å². The Kier molecular flexibility index (Phi) is 5.09. The predicted octanol–water partition coefficient (Wildman–Crippen LogP) is 1.18. The van der Waals surface area contributed by atoms with Crippen molar-refractivity contribution in [1.82, 2.24) is 4.90 Å². The third kappa shape index (κ3) is 3.91. The van der Waals surface area contributed by atoms with Crippen LogP contribution in [0.2, 0.25) is 0 Å². The fourth-order valence-electron chi connectivity index (χ4n) is 2.17. The van der Waals surface area contributed by atoms with Crippen molar-refractivity contribution >= 4 is 12.0 Å². The number of aliphatic hydroxyl groups excluding tert-OH is 1. The fourth-order valence-corrected chi connectivity index (χ4v) is 2.17. The first-order chi connectivity index (χ1) is 10.1. The second kappa shape index (κ2) is 7.02. The molecule has 0 saturated carbocycles. The van der Waals surface area contributed by atoms with Gasteiger partial charge in [0.2, 0.25) is 5.91 Å². The molecule has 1 aromatic carbocycles. The Morgan fingerprint density at radius 1 is 1.52 bits per heavy atom. The van der Waals surface area contributed by atoms with E-state index < -0.39 is 0 Å². The number of nitrogens with zero attached hydrogens (tertiary/aromatic N) is 2. The number of hydrogen-bond acceptors (Lipinski definition) is 4. The molecule has 1 saturated heterocycles. The van der Waals surface area contributed by atoms with E-state index in [4.69, 9.17) is 15.1 Å². The molecule has 1 aromatic rings. The molecule has 2 atom stereocenters. The lowest BCUT2D eigenvalue weighted by Gasteiger charge is -2.36. The van der Waals surface area contributed by atoms with Gasteiger partial charge >= 0.3 is 0 Å². The summed E-state index contributed by atoms with van der Waals surface area (Å²) in [6, 6.07) is 9.05. The zero-order chi connectivity index (χ0) is 15.2. The van der Waals surface area contributed by atoms with Gasteiger partial charge in [-0.3, -0.25) is 4.79 Å². The number of carbonyl (C=O) groups excluding carboxylic acids is 1. The van der Waals surface area contributed by atoms with Crippen molar-refractivity contribution in [3.05, 3.63) is 41.5 Å².